The van der Waals surface area contributed by atoms with Gasteiger partial charge in [-0.1, -0.05) is 25.5 Å². The molecular weight excluding hydrogens is 222 g/mol. The summed E-state index contributed by atoms with van der Waals surface area (Å²) in [6.07, 6.45) is 13.8. The van der Waals surface area contributed by atoms with Crippen molar-refractivity contribution in [3.05, 3.63) is 24.3 Å². The Bertz CT molecular complexity index is 449. The molecule has 0 amide bonds. The van der Waals surface area contributed by atoms with E-state index < -0.39 is 0 Å². The van der Waals surface area contributed by atoms with E-state index in [-0.39, 0.29) is 11.3 Å². The first-order valence-corrected chi connectivity index (χ1v) is 6.10. The molecule has 2 nitrogen and oxygen atoms in total. The molecule has 0 aromatic heterocycles. The zero-order chi connectivity index (χ0) is 13.4. The Kier molecular flexibility index (Phi) is 5.15. The molecule has 0 spiro atoms. The largest absolute Gasteiger partial charge is 0.506 e. The maximum absolute atomic E-state index is 9.81. The molecule has 2 heteroatoms. The Morgan fingerprint density at radius 3 is 2.33 bits per heavy atom. The maximum Gasteiger partial charge on any atom is 0.138 e. The minimum absolute atomic E-state index is 0.215. The summed E-state index contributed by atoms with van der Waals surface area (Å²) < 4.78 is 0. The van der Waals surface area contributed by atoms with Gasteiger partial charge in [0, 0.05) is 12.8 Å². The summed E-state index contributed by atoms with van der Waals surface area (Å²) in [4.78, 5) is 0. The van der Waals surface area contributed by atoms with Gasteiger partial charge in [0.25, 0.3) is 0 Å². The zero-order valence-electron chi connectivity index (χ0n) is 10.7. The standard InChI is InChI=1S/C16H19NO/c1-4-11-16(12-5-2,13-6-3)17-14-9-7-8-10-15(14)18/h1-2,7-10,17-18H,6,11-13H2,3H3. The van der Waals surface area contributed by atoms with Crippen molar-refractivity contribution in [1.29, 1.82) is 0 Å². The van der Waals surface area contributed by atoms with Crippen LogP contribution in [0.15, 0.2) is 24.3 Å². The van der Waals surface area contributed by atoms with Crippen molar-refractivity contribution in [2.24, 2.45) is 0 Å². The van der Waals surface area contributed by atoms with Crippen LogP contribution in [0.25, 0.3) is 0 Å². The molecule has 0 bridgehead atoms. The van der Waals surface area contributed by atoms with Crippen molar-refractivity contribution in [1.82, 2.24) is 0 Å². The average molecular weight is 241 g/mol. The third-order valence-corrected chi connectivity index (χ3v) is 2.91. The summed E-state index contributed by atoms with van der Waals surface area (Å²) in [6.45, 7) is 2.09. The molecule has 1 aromatic rings. The van der Waals surface area contributed by atoms with Crippen LogP contribution in [0.5, 0.6) is 5.75 Å². The summed E-state index contributed by atoms with van der Waals surface area (Å²) in [5, 5.41) is 13.1. The lowest BCUT2D eigenvalue weighted by Crippen LogP contribution is -2.37. The van der Waals surface area contributed by atoms with Gasteiger partial charge in [-0.05, 0) is 18.6 Å². The van der Waals surface area contributed by atoms with Crippen LogP contribution in [0.3, 0.4) is 0 Å². The third-order valence-electron chi connectivity index (χ3n) is 2.91. The normalized spacial score (nSPS) is 10.4. The van der Waals surface area contributed by atoms with Gasteiger partial charge in [0.05, 0.1) is 11.2 Å². The van der Waals surface area contributed by atoms with Crippen LogP contribution in [0.1, 0.15) is 32.6 Å². The van der Waals surface area contributed by atoms with Crippen LogP contribution >= 0.6 is 0 Å². The quantitative estimate of drug-likeness (QED) is 0.591. The monoisotopic (exact) mass is 241 g/mol. The molecule has 0 radical (unpaired) electrons. The van der Waals surface area contributed by atoms with E-state index in [4.69, 9.17) is 12.8 Å². The van der Waals surface area contributed by atoms with Crippen molar-refractivity contribution >= 4 is 5.69 Å². The predicted molar refractivity (Wildman–Crippen MR) is 76.3 cm³/mol. The fraction of sp³-hybridized carbons (Fsp3) is 0.375. The van der Waals surface area contributed by atoms with Gasteiger partial charge in [-0.2, -0.15) is 0 Å². The van der Waals surface area contributed by atoms with Gasteiger partial charge >= 0.3 is 0 Å². The molecule has 0 saturated heterocycles. The lowest BCUT2D eigenvalue weighted by Gasteiger charge is -2.33. The second-order valence-electron chi connectivity index (χ2n) is 4.43. The highest BCUT2D eigenvalue weighted by molar-refractivity contribution is 5.57. The Morgan fingerprint density at radius 1 is 1.22 bits per heavy atom. The molecule has 0 fully saturated rings. The average Bonchev–Trinajstić information content (AvgIpc) is 2.33. The van der Waals surface area contributed by atoms with Crippen LogP contribution in [-0.2, 0) is 0 Å². The van der Waals surface area contributed by atoms with Crippen LogP contribution in [0.4, 0.5) is 5.69 Å². The molecule has 0 atom stereocenters. The Balaban J connectivity index is 3.01. The second kappa shape index (κ2) is 6.62. The molecule has 1 aromatic carbocycles. The first-order valence-electron chi connectivity index (χ1n) is 6.10. The zero-order valence-corrected chi connectivity index (χ0v) is 10.7. The van der Waals surface area contributed by atoms with Crippen LogP contribution < -0.4 is 5.32 Å². The summed E-state index contributed by atoms with van der Waals surface area (Å²) in [5.41, 5.74) is 0.341. The summed E-state index contributed by atoms with van der Waals surface area (Å²) >= 11 is 0. The molecule has 0 aliphatic rings. The van der Waals surface area contributed by atoms with Crippen molar-refractivity contribution in [3.8, 4) is 30.4 Å². The number of hydrogen-bond acceptors (Lipinski definition) is 2. The fourth-order valence-electron chi connectivity index (χ4n) is 2.12. The van der Waals surface area contributed by atoms with E-state index in [1.807, 2.05) is 12.1 Å². The highest BCUT2D eigenvalue weighted by atomic mass is 16.3. The van der Waals surface area contributed by atoms with E-state index >= 15 is 0 Å². The van der Waals surface area contributed by atoms with E-state index in [1.54, 1.807) is 12.1 Å². The molecule has 0 aliphatic heterocycles. The van der Waals surface area contributed by atoms with Crippen LogP contribution in [0.2, 0.25) is 0 Å². The number of terminal acetylenes is 2. The number of para-hydroxylation sites is 2. The number of anilines is 1. The van der Waals surface area contributed by atoms with Gasteiger partial charge in [-0.15, -0.1) is 24.7 Å². The highest BCUT2D eigenvalue weighted by Crippen LogP contribution is 2.31. The van der Waals surface area contributed by atoms with E-state index in [0.29, 0.717) is 18.5 Å². The summed E-state index contributed by atoms with van der Waals surface area (Å²) in [7, 11) is 0. The Hall–Kier alpha value is -2.06. The van der Waals surface area contributed by atoms with Gasteiger partial charge in [0.15, 0.2) is 0 Å². The summed E-state index contributed by atoms with van der Waals surface area (Å²) in [5.74, 6) is 5.57. The molecule has 18 heavy (non-hydrogen) atoms. The van der Waals surface area contributed by atoms with Crippen LogP contribution in [-0.4, -0.2) is 10.6 Å². The molecule has 2 N–H and O–H groups in total. The van der Waals surface area contributed by atoms with Crippen molar-refractivity contribution in [2.45, 2.75) is 38.1 Å². The molecule has 0 saturated carbocycles. The van der Waals surface area contributed by atoms with E-state index in [1.165, 1.54) is 0 Å². The number of aromatic hydroxyl groups is 1. The molecule has 1 rings (SSSR count). The number of rotatable bonds is 6. The first kappa shape index (κ1) is 14.0. The topological polar surface area (TPSA) is 32.3 Å². The minimum atomic E-state index is -0.336. The van der Waals surface area contributed by atoms with Crippen LogP contribution in [0, 0.1) is 24.7 Å². The van der Waals surface area contributed by atoms with Crippen molar-refractivity contribution in [3.63, 3.8) is 0 Å². The predicted octanol–water partition coefficient (Wildman–Crippen LogP) is 3.39. The Morgan fingerprint density at radius 2 is 1.83 bits per heavy atom. The Labute approximate surface area is 109 Å². The van der Waals surface area contributed by atoms with Crippen molar-refractivity contribution < 1.29 is 5.11 Å². The maximum atomic E-state index is 9.81. The minimum Gasteiger partial charge on any atom is -0.506 e. The van der Waals surface area contributed by atoms with E-state index in [9.17, 15) is 5.11 Å². The molecule has 0 aliphatic carbocycles. The highest BCUT2D eigenvalue weighted by Gasteiger charge is 2.28. The van der Waals surface area contributed by atoms with E-state index in [0.717, 1.165) is 12.8 Å². The first-order chi connectivity index (χ1) is 8.67. The fourth-order valence-corrected chi connectivity index (χ4v) is 2.12. The van der Waals surface area contributed by atoms with Gasteiger partial charge < -0.3 is 10.4 Å². The molecular formula is C16H19NO. The number of benzene rings is 1. The molecule has 0 heterocycles. The lowest BCUT2D eigenvalue weighted by molar-refractivity contribution is 0.435. The van der Waals surface area contributed by atoms with Gasteiger partial charge in [0.2, 0.25) is 0 Å². The third kappa shape index (κ3) is 3.47. The second-order valence-corrected chi connectivity index (χ2v) is 4.43. The number of phenols is 1. The van der Waals surface area contributed by atoms with Gasteiger partial charge in [-0.25, -0.2) is 0 Å². The molecule has 0 unspecified atom stereocenters. The number of hydrogen-bond donors (Lipinski definition) is 2. The number of phenolic OH excluding ortho intramolecular Hbond substituents is 1. The van der Waals surface area contributed by atoms with Crippen molar-refractivity contribution in [2.75, 3.05) is 5.32 Å². The molecule has 94 valence electrons. The lowest BCUT2D eigenvalue weighted by atomic mass is 9.86. The van der Waals surface area contributed by atoms with E-state index in [2.05, 4.69) is 24.1 Å². The summed E-state index contributed by atoms with van der Waals surface area (Å²) in [6, 6.07) is 7.12. The van der Waals surface area contributed by atoms with Gasteiger partial charge in [0.1, 0.15) is 5.75 Å². The smallest absolute Gasteiger partial charge is 0.138 e. The van der Waals surface area contributed by atoms with Gasteiger partial charge in [-0.3, -0.25) is 0 Å². The number of nitrogens with one attached hydrogen (secondary N) is 1. The SMILES string of the molecule is C#CCC(CC#C)(CCC)Nc1ccccc1O.